The number of aromatic nitrogens is 4. The lowest BCUT2D eigenvalue weighted by Crippen LogP contribution is -2.68. The number of hydrogen-bond acceptors (Lipinski definition) is 9. The van der Waals surface area contributed by atoms with Crippen LogP contribution in [0.4, 0.5) is 0 Å². The molecule has 10 nitrogen and oxygen atoms in total. The summed E-state index contributed by atoms with van der Waals surface area (Å²) in [7, 11) is 1.65. The lowest BCUT2D eigenvalue weighted by Gasteiger charge is -2.48. The van der Waals surface area contributed by atoms with Gasteiger partial charge in [-0.25, -0.2) is 4.79 Å². The van der Waals surface area contributed by atoms with Gasteiger partial charge in [-0.3, -0.25) is 9.69 Å². The molecule has 1 amide bonds. The Hall–Kier alpha value is -3.70. The highest BCUT2D eigenvalue weighted by Crippen LogP contribution is 2.40. The molecule has 5 rings (SSSR count). The van der Waals surface area contributed by atoms with E-state index in [1.165, 1.54) is 21.3 Å². The minimum absolute atomic E-state index is 0.0265. The molecular formula is C23H22N6O4S. The molecule has 11 heteroatoms. The first-order chi connectivity index (χ1) is 16.5. The number of carbonyl (C=O) groups is 2. The number of rotatable bonds is 7. The fourth-order valence-electron chi connectivity index (χ4n) is 3.92. The molecule has 3 aromatic rings. The summed E-state index contributed by atoms with van der Waals surface area (Å²) < 4.78 is 13.1. The van der Waals surface area contributed by atoms with Crippen molar-refractivity contribution in [2.45, 2.75) is 17.5 Å². The first-order valence-corrected chi connectivity index (χ1v) is 11.7. The molecule has 0 saturated carbocycles. The van der Waals surface area contributed by atoms with Crippen LogP contribution in [-0.2, 0) is 21.4 Å². The zero-order chi connectivity index (χ0) is 23.7. The molecule has 2 aliphatic heterocycles. The number of aryl methyl sites for hydroxylation is 1. The van der Waals surface area contributed by atoms with Gasteiger partial charge in [-0.05, 0) is 21.6 Å². The molecule has 0 radical (unpaired) electrons. The molecule has 34 heavy (non-hydrogen) atoms. The molecule has 0 bridgehead atoms. The number of carbonyl (C=O) groups excluding carboxylic acids is 2. The summed E-state index contributed by atoms with van der Waals surface area (Å²) in [6, 6.07) is 18.5. The first-order valence-electron chi connectivity index (χ1n) is 10.6. The van der Waals surface area contributed by atoms with Gasteiger partial charge in [-0.15, -0.1) is 11.8 Å². The van der Waals surface area contributed by atoms with Crippen molar-refractivity contribution in [2.75, 3.05) is 12.4 Å². The van der Waals surface area contributed by atoms with E-state index in [1.807, 2.05) is 60.7 Å². The van der Waals surface area contributed by atoms with Crippen molar-refractivity contribution in [3.63, 3.8) is 0 Å². The number of ether oxygens (including phenoxy) is 2. The Balaban J connectivity index is 1.47. The molecule has 1 aromatic heterocycles. The zero-order valence-electron chi connectivity index (χ0n) is 18.3. The third-order valence-corrected chi connectivity index (χ3v) is 7.03. The third-order valence-electron chi connectivity index (χ3n) is 5.67. The maximum absolute atomic E-state index is 13.6. The lowest BCUT2D eigenvalue weighted by molar-refractivity contribution is -0.153. The number of fused-ring (bicyclic) bond motifs is 1. The fraction of sp³-hybridized carbons (Fsp3) is 0.261. The molecule has 174 valence electrons. The molecule has 2 atom stereocenters. The van der Waals surface area contributed by atoms with Crippen LogP contribution in [0.3, 0.4) is 0 Å². The molecule has 2 N–H and O–H groups in total. The maximum Gasteiger partial charge on any atom is 0.356 e. The number of benzene rings is 2. The van der Waals surface area contributed by atoms with Crippen molar-refractivity contribution in [3.8, 4) is 6.01 Å². The van der Waals surface area contributed by atoms with Gasteiger partial charge in [0, 0.05) is 18.4 Å². The van der Waals surface area contributed by atoms with Gasteiger partial charge in [0.25, 0.3) is 0 Å². The number of nitrogens with zero attached hydrogens (tertiary/aromatic N) is 5. The monoisotopic (exact) mass is 478 g/mol. The maximum atomic E-state index is 13.6. The largest absolute Gasteiger partial charge is 0.458 e. The van der Waals surface area contributed by atoms with Crippen LogP contribution in [0.25, 0.3) is 0 Å². The van der Waals surface area contributed by atoms with E-state index >= 15 is 0 Å². The van der Waals surface area contributed by atoms with E-state index in [0.29, 0.717) is 11.3 Å². The third kappa shape index (κ3) is 4.03. The van der Waals surface area contributed by atoms with E-state index in [-0.39, 0.29) is 29.6 Å². The van der Waals surface area contributed by atoms with E-state index in [0.717, 1.165) is 11.1 Å². The summed E-state index contributed by atoms with van der Waals surface area (Å²) in [4.78, 5) is 27.7. The highest BCUT2D eigenvalue weighted by atomic mass is 32.2. The summed E-state index contributed by atoms with van der Waals surface area (Å²) in [5.74, 6) is -0.477. The smallest absolute Gasteiger partial charge is 0.356 e. The molecule has 3 heterocycles. The van der Waals surface area contributed by atoms with Gasteiger partial charge in [0.1, 0.15) is 23.7 Å². The van der Waals surface area contributed by atoms with Crippen LogP contribution in [0.2, 0.25) is 0 Å². The van der Waals surface area contributed by atoms with Gasteiger partial charge < -0.3 is 15.2 Å². The van der Waals surface area contributed by atoms with Crippen molar-refractivity contribution < 1.29 is 19.1 Å². The molecule has 0 spiro atoms. The second kappa shape index (κ2) is 9.27. The number of tetrazole rings is 1. The standard InChI is InChI=1S/C23H22N6O4S/c1-28-23(25-26-27-28)32-12-16-13-34-21-17(24)20(30)29(21)18(16)22(31)33-19(14-8-4-2-5-9-14)15-10-6-3-7-11-15/h2-11,17,19,21H,12-13,24H2,1H3/t17-,21-/m1/s1. The SMILES string of the molecule is Cn1nnnc1OCC1=C(C(=O)OC(c2ccccc2)c2ccccc2)N2C(=O)[C@@H](N)[C@H]2SC1. The predicted octanol–water partition coefficient (Wildman–Crippen LogP) is 1.42. The Morgan fingerprint density at radius 2 is 1.79 bits per heavy atom. The summed E-state index contributed by atoms with van der Waals surface area (Å²) in [5, 5.41) is 10.8. The van der Waals surface area contributed by atoms with E-state index in [2.05, 4.69) is 15.5 Å². The Morgan fingerprint density at radius 1 is 1.15 bits per heavy atom. The Kier molecular flexibility index (Phi) is 6.03. The molecule has 0 aliphatic carbocycles. The minimum atomic E-state index is -0.655. The number of amides is 1. The highest BCUT2D eigenvalue weighted by molar-refractivity contribution is 8.00. The predicted molar refractivity (Wildman–Crippen MR) is 123 cm³/mol. The lowest BCUT2D eigenvalue weighted by atomic mass is 10.0. The van der Waals surface area contributed by atoms with E-state index < -0.39 is 18.1 Å². The molecule has 2 aromatic carbocycles. The van der Waals surface area contributed by atoms with Crippen molar-refractivity contribution >= 4 is 23.6 Å². The molecule has 2 aliphatic rings. The average Bonchev–Trinajstić information content (AvgIpc) is 3.30. The summed E-state index contributed by atoms with van der Waals surface area (Å²) in [6.07, 6.45) is -0.648. The molecule has 1 saturated heterocycles. The van der Waals surface area contributed by atoms with Gasteiger partial charge >= 0.3 is 12.0 Å². The Morgan fingerprint density at radius 3 is 2.38 bits per heavy atom. The minimum Gasteiger partial charge on any atom is -0.458 e. The van der Waals surface area contributed by atoms with Gasteiger partial charge in [-0.1, -0.05) is 65.8 Å². The van der Waals surface area contributed by atoms with E-state index in [1.54, 1.807) is 7.05 Å². The van der Waals surface area contributed by atoms with Crippen molar-refractivity contribution in [1.29, 1.82) is 0 Å². The molecule has 0 unspecified atom stereocenters. The quantitative estimate of drug-likeness (QED) is 0.396. The summed E-state index contributed by atoms with van der Waals surface area (Å²) in [6.45, 7) is 0.0265. The zero-order valence-corrected chi connectivity index (χ0v) is 19.1. The Labute approximate surface area is 199 Å². The van der Waals surface area contributed by atoms with Gasteiger partial charge in [0.05, 0.1) is 0 Å². The number of β-lactam (4-membered cyclic amide) rings is 1. The average molecular weight is 479 g/mol. The molecular weight excluding hydrogens is 456 g/mol. The highest BCUT2D eigenvalue weighted by Gasteiger charge is 2.52. The fourth-order valence-corrected chi connectivity index (χ4v) is 5.20. The van der Waals surface area contributed by atoms with Gasteiger partial charge in [0.2, 0.25) is 5.91 Å². The van der Waals surface area contributed by atoms with Crippen LogP contribution in [0.15, 0.2) is 71.9 Å². The number of nitrogens with two attached hydrogens (primary N) is 1. The van der Waals surface area contributed by atoms with E-state index in [4.69, 9.17) is 15.2 Å². The second-order valence-corrected chi connectivity index (χ2v) is 8.97. The van der Waals surface area contributed by atoms with Crippen LogP contribution in [0.1, 0.15) is 17.2 Å². The van der Waals surface area contributed by atoms with Crippen LogP contribution in [-0.4, -0.2) is 60.8 Å². The first kappa shape index (κ1) is 22.1. The van der Waals surface area contributed by atoms with Crippen LogP contribution in [0, 0.1) is 0 Å². The number of thioether (sulfide) groups is 1. The second-order valence-electron chi connectivity index (χ2n) is 7.87. The topological polar surface area (TPSA) is 125 Å². The van der Waals surface area contributed by atoms with Crippen molar-refractivity contribution in [3.05, 3.63) is 83.1 Å². The Bertz CT molecular complexity index is 1190. The number of hydrogen-bond donors (Lipinski definition) is 1. The van der Waals surface area contributed by atoms with Crippen molar-refractivity contribution in [2.24, 2.45) is 12.8 Å². The summed E-state index contributed by atoms with van der Waals surface area (Å²) in [5.41, 5.74) is 8.40. The van der Waals surface area contributed by atoms with Crippen LogP contribution >= 0.6 is 11.8 Å². The normalized spacial score (nSPS) is 19.6. The van der Waals surface area contributed by atoms with Gasteiger partial charge in [0.15, 0.2) is 6.10 Å². The number of esters is 1. The van der Waals surface area contributed by atoms with Crippen LogP contribution in [0.5, 0.6) is 6.01 Å². The van der Waals surface area contributed by atoms with Crippen LogP contribution < -0.4 is 10.5 Å². The van der Waals surface area contributed by atoms with Crippen molar-refractivity contribution in [1.82, 2.24) is 25.1 Å². The molecule has 1 fully saturated rings. The van der Waals surface area contributed by atoms with Gasteiger partial charge in [-0.2, -0.15) is 4.68 Å². The summed E-state index contributed by atoms with van der Waals surface area (Å²) >= 11 is 1.48. The van der Waals surface area contributed by atoms with E-state index in [9.17, 15) is 9.59 Å².